The minimum Gasteiger partial charge on any atom is -0.441 e. The lowest BCUT2D eigenvalue weighted by Crippen LogP contribution is -2.65. The quantitative estimate of drug-likeness (QED) is 0.273. The molecule has 1 aromatic heterocycles. The second-order valence-corrected chi connectivity index (χ2v) is 11.4. The predicted molar refractivity (Wildman–Crippen MR) is 143 cm³/mol. The number of aryl methyl sites for hydroxylation is 1. The van der Waals surface area contributed by atoms with Crippen LogP contribution in [0, 0.1) is 18.8 Å². The highest BCUT2D eigenvalue weighted by atomic mass is 16.6. The van der Waals surface area contributed by atoms with E-state index in [0.29, 0.717) is 25.8 Å². The number of ether oxygens (including phenoxy) is 2. The van der Waals surface area contributed by atoms with Crippen molar-refractivity contribution in [1.29, 1.82) is 0 Å². The maximum absolute atomic E-state index is 13.7. The van der Waals surface area contributed by atoms with Gasteiger partial charge in [0.15, 0.2) is 18.1 Å². The van der Waals surface area contributed by atoms with Crippen molar-refractivity contribution < 1.29 is 43.2 Å². The number of aliphatic hydroxyl groups is 3. The van der Waals surface area contributed by atoms with E-state index in [9.17, 15) is 29.7 Å². The molecule has 1 aromatic rings. The molecule has 2 aliphatic heterocycles. The molecule has 0 radical (unpaired) electrons. The third-order valence-electron chi connectivity index (χ3n) is 8.01. The molecule has 4 N–H and O–H groups in total. The van der Waals surface area contributed by atoms with E-state index in [1.807, 2.05) is 20.8 Å². The summed E-state index contributed by atoms with van der Waals surface area (Å²) in [4.78, 5) is 39.6. The van der Waals surface area contributed by atoms with Gasteiger partial charge in [0.05, 0.1) is 12.1 Å². The summed E-state index contributed by atoms with van der Waals surface area (Å²) in [6.45, 7) is 9.32. The van der Waals surface area contributed by atoms with Gasteiger partial charge in [-0.3, -0.25) is 9.69 Å². The molecule has 12 heteroatoms. The van der Waals surface area contributed by atoms with Crippen LogP contribution in [-0.4, -0.2) is 81.4 Å². The van der Waals surface area contributed by atoms with E-state index >= 15 is 0 Å². The lowest BCUT2D eigenvalue weighted by atomic mass is 9.85. The number of nitrogens with zero attached hydrogens (tertiary/aromatic N) is 1. The first-order valence-corrected chi connectivity index (χ1v) is 14.5. The van der Waals surface area contributed by atoms with Crippen molar-refractivity contribution >= 4 is 12.0 Å². The Bertz CT molecular complexity index is 1020. The molecule has 0 spiro atoms. The zero-order valence-electron chi connectivity index (χ0n) is 24.2. The first-order valence-electron chi connectivity index (χ1n) is 14.5. The molecule has 1 unspecified atom stereocenters. The monoisotopic (exact) mass is 570 g/mol. The minimum atomic E-state index is -1.42. The Morgan fingerprint density at radius 2 is 1.77 bits per heavy atom. The van der Waals surface area contributed by atoms with Crippen LogP contribution >= 0.6 is 0 Å². The molecule has 8 atom stereocenters. The maximum Gasteiger partial charge on any atom is 0.519 e. The molecule has 2 aliphatic rings. The van der Waals surface area contributed by atoms with E-state index in [1.54, 1.807) is 0 Å². The molecule has 2 fully saturated rings. The standard InChI is InChI=1S/C28H46N2O10/c1-6-8-9-11-17-12-18(30(13-17)27(35)37-14-20-16(5)38-28(36)40-20)26(34)29-21(15(3)4)25-24(33)23(32)22(31)19(39-25)10-7-2/h15,17-19,21-25,31-33H,6-14H2,1-5H3,(H,29,34)/t17-,18+,19-,21?,22+,23-,24-,25-/m1/s1. The largest absolute Gasteiger partial charge is 0.519 e. The van der Waals surface area contributed by atoms with E-state index in [4.69, 9.17) is 18.3 Å². The molecular weight excluding hydrogens is 524 g/mol. The lowest BCUT2D eigenvalue weighted by molar-refractivity contribution is -0.232. The maximum atomic E-state index is 13.7. The van der Waals surface area contributed by atoms with Gasteiger partial charge in [-0.15, -0.1) is 0 Å². The highest BCUT2D eigenvalue weighted by molar-refractivity contribution is 5.86. The van der Waals surface area contributed by atoms with Gasteiger partial charge in [0.1, 0.15) is 30.5 Å². The second kappa shape index (κ2) is 14.5. The number of rotatable bonds is 12. The number of carbonyl (C=O) groups is 2. The van der Waals surface area contributed by atoms with Gasteiger partial charge in [0.2, 0.25) is 5.91 Å². The van der Waals surface area contributed by atoms with E-state index in [0.717, 1.165) is 25.7 Å². The molecule has 0 saturated carbocycles. The minimum absolute atomic E-state index is 0.100. The van der Waals surface area contributed by atoms with Crippen LogP contribution in [0.5, 0.6) is 0 Å². The summed E-state index contributed by atoms with van der Waals surface area (Å²) in [5.74, 6) is -1.08. The summed E-state index contributed by atoms with van der Waals surface area (Å²) in [6, 6.07) is -1.51. The summed E-state index contributed by atoms with van der Waals surface area (Å²) in [5, 5.41) is 34.7. The molecule has 228 valence electrons. The summed E-state index contributed by atoms with van der Waals surface area (Å²) in [5.41, 5.74) is 0. The number of likely N-dealkylation sites (tertiary alicyclic amines) is 1. The molecule has 2 amide bonds. The Balaban J connectivity index is 1.76. The Morgan fingerprint density at radius 3 is 2.38 bits per heavy atom. The van der Waals surface area contributed by atoms with E-state index in [2.05, 4.69) is 12.2 Å². The zero-order valence-corrected chi connectivity index (χ0v) is 24.2. The van der Waals surface area contributed by atoms with E-state index in [1.165, 1.54) is 11.8 Å². The van der Waals surface area contributed by atoms with Gasteiger partial charge in [0, 0.05) is 6.54 Å². The van der Waals surface area contributed by atoms with E-state index in [-0.39, 0.29) is 30.0 Å². The fraction of sp³-hybridized carbons (Fsp3) is 0.821. The van der Waals surface area contributed by atoms with E-state index < -0.39 is 60.4 Å². The molecular formula is C28H46N2O10. The highest BCUT2D eigenvalue weighted by Gasteiger charge is 2.48. The average molecular weight is 571 g/mol. The first-order chi connectivity index (χ1) is 19.0. The number of hydrogen-bond donors (Lipinski definition) is 4. The normalized spacial score (nSPS) is 29.5. The van der Waals surface area contributed by atoms with Crippen molar-refractivity contribution in [3.8, 4) is 0 Å². The van der Waals surface area contributed by atoms with Gasteiger partial charge >= 0.3 is 11.9 Å². The Hall–Kier alpha value is -2.41. The number of amides is 2. The third-order valence-corrected chi connectivity index (χ3v) is 8.01. The van der Waals surface area contributed by atoms with Crippen LogP contribution in [0.15, 0.2) is 13.6 Å². The van der Waals surface area contributed by atoms with Crippen LogP contribution < -0.4 is 11.1 Å². The fourth-order valence-corrected chi connectivity index (χ4v) is 5.67. The number of carbonyl (C=O) groups excluding carboxylic acids is 2. The molecule has 12 nitrogen and oxygen atoms in total. The van der Waals surface area contributed by atoms with Gasteiger partial charge in [-0.1, -0.05) is 53.4 Å². The van der Waals surface area contributed by atoms with Crippen LogP contribution in [0.25, 0.3) is 0 Å². The van der Waals surface area contributed by atoms with Gasteiger partial charge in [-0.25, -0.2) is 9.59 Å². The molecule has 0 aromatic carbocycles. The van der Waals surface area contributed by atoms with Crippen molar-refractivity contribution in [3.05, 3.63) is 22.1 Å². The van der Waals surface area contributed by atoms with Crippen LogP contribution in [-0.2, 0) is 20.9 Å². The molecule has 0 bridgehead atoms. The predicted octanol–water partition coefficient (Wildman–Crippen LogP) is 2.24. The smallest absolute Gasteiger partial charge is 0.441 e. The van der Waals surface area contributed by atoms with Gasteiger partial charge in [-0.2, -0.15) is 0 Å². The molecule has 0 aliphatic carbocycles. The van der Waals surface area contributed by atoms with Gasteiger partial charge in [-0.05, 0) is 38.0 Å². The van der Waals surface area contributed by atoms with Crippen molar-refractivity contribution in [1.82, 2.24) is 10.2 Å². The third kappa shape index (κ3) is 7.65. The summed E-state index contributed by atoms with van der Waals surface area (Å²) < 4.78 is 21.2. The van der Waals surface area contributed by atoms with Crippen LogP contribution in [0.1, 0.15) is 84.2 Å². The van der Waals surface area contributed by atoms with Crippen LogP contribution in [0.3, 0.4) is 0 Å². The van der Waals surface area contributed by atoms with Gasteiger partial charge in [0.25, 0.3) is 0 Å². The lowest BCUT2D eigenvalue weighted by Gasteiger charge is -2.45. The van der Waals surface area contributed by atoms with Crippen LogP contribution in [0.2, 0.25) is 0 Å². The number of unbranched alkanes of at least 4 members (excludes halogenated alkanes) is 2. The number of nitrogens with one attached hydrogen (secondary N) is 1. The Kier molecular flexibility index (Phi) is 11.6. The number of hydrogen-bond acceptors (Lipinski definition) is 10. The molecule has 3 rings (SSSR count). The SMILES string of the molecule is CCCCC[C@@H]1C[C@@H](C(=O)NC(C(C)C)[C@H]2O[C@H](CCC)[C@H](O)[C@@H](O)[C@H]2O)N(C(=O)OCc2oc(=O)oc2C)C1. The Morgan fingerprint density at radius 1 is 1.05 bits per heavy atom. The van der Waals surface area contributed by atoms with Crippen molar-refractivity contribution in [3.63, 3.8) is 0 Å². The van der Waals surface area contributed by atoms with Crippen molar-refractivity contribution in [2.75, 3.05) is 6.54 Å². The fourth-order valence-electron chi connectivity index (χ4n) is 5.67. The van der Waals surface area contributed by atoms with Crippen LogP contribution in [0.4, 0.5) is 4.79 Å². The summed E-state index contributed by atoms with van der Waals surface area (Å²) in [6.07, 6.45) is -0.821. The highest BCUT2D eigenvalue weighted by Crippen LogP contribution is 2.31. The average Bonchev–Trinajstić information content (AvgIpc) is 3.48. The van der Waals surface area contributed by atoms with Crippen molar-refractivity contribution in [2.45, 2.75) is 129 Å². The van der Waals surface area contributed by atoms with Crippen molar-refractivity contribution in [2.24, 2.45) is 11.8 Å². The zero-order chi connectivity index (χ0) is 29.6. The summed E-state index contributed by atoms with van der Waals surface area (Å²) in [7, 11) is 0. The molecule has 3 heterocycles. The number of aliphatic hydroxyl groups excluding tert-OH is 3. The second-order valence-electron chi connectivity index (χ2n) is 11.4. The molecule has 40 heavy (non-hydrogen) atoms. The van der Waals surface area contributed by atoms with Gasteiger partial charge < -0.3 is 38.9 Å². The molecule has 2 saturated heterocycles. The topological polar surface area (TPSA) is 172 Å². The Labute approximate surface area is 235 Å². The summed E-state index contributed by atoms with van der Waals surface area (Å²) >= 11 is 0. The first kappa shape index (κ1) is 32.1.